The molecule has 0 unspecified atom stereocenters. The fraction of sp³-hybridized carbons (Fsp3) is 0.381. The molecular formula is C21H24FNO4. The van der Waals surface area contributed by atoms with Crippen LogP contribution in [0.4, 0.5) is 4.39 Å². The van der Waals surface area contributed by atoms with E-state index in [-0.39, 0.29) is 24.0 Å². The summed E-state index contributed by atoms with van der Waals surface area (Å²) in [4.78, 5) is 12.1. The summed E-state index contributed by atoms with van der Waals surface area (Å²) in [6, 6.07) is 12.0. The SMILES string of the molecule is O=C(NCC1(O)CCC(COc2cccc(F)c2)CC1)c1ccc(O)cc1. The van der Waals surface area contributed by atoms with Crippen molar-refractivity contribution < 1.29 is 24.1 Å². The second-order valence-corrected chi connectivity index (χ2v) is 7.17. The third-order valence-corrected chi connectivity index (χ3v) is 5.03. The maximum Gasteiger partial charge on any atom is 0.251 e. The lowest BCUT2D eigenvalue weighted by Crippen LogP contribution is -2.45. The Balaban J connectivity index is 1.43. The molecule has 1 saturated carbocycles. The monoisotopic (exact) mass is 373 g/mol. The number of phenolic OH excluding ortho intramolecular Hbond substituents is 1. The zero-order valence-electron chi connectivity index (χ0n) is 15.0. The van der Waals surface area contributed by atoms with Gasteiger partial charge in [-0.3, -0.25) is 4.79 Å². The van der Waals surface area contributed by atoms with Crippen molar-refractivity contribution in [2.75, 3.05) is 13.2 Å². The average Bonchev–Trinajstić information content (AvgIpc) is 2.66. The first-order chi connectivity index (χ1) is 12.9. The van der Waals surface area contributed by atoms with Crippen LogP contribution in [0.25, 0.3) is 0 Å². The second kappa shape index (κ2) is 8.39. The molecule has 0 heterocycles. The zero-order valence-corrected chi connectivity index (χ0v) is 15.0. The van der Waals surface area contributed by atoms with Crippen LogP contribution in [0.2, 0.25) is 0 Å². The van der Waals surface area contributed by atoms with Gasteiger partial charge in [-0.2, -0.15) is 0 Å². The van der Waals surface area contributed by atoms with E-state index in [0.29, 0.717) is 36.7 Å². The van der Waals surface area contributed by atoms with Crippen LogP contribution in [0.1, 0.15) is 36.0 Å². The smallest absolute Gasteiger partial charge is 0.251 e. The highest BCUT2D eigenvalue weighted by atomic mass is 19.1. The van der Waals surface area contributed by atoms with Gasteiger partial charge in [0, 0.05) is 18.2 Å². The van der Waals surface area contributed by atoms with Gasteiger partial charge >= 0.3 is 0 Å². The van der Waals surface area contributed by atoms with Crippen LogP contribution >= 0.6 is 0 Å². The summed E-state index contributed by atoms with van der Waals surface area (Å²) >= 11 is 0. The van der Waals surface area contributed by atoms with Gasteiger partial charge in [0.2, 0.25) is 0 Å². The lowest BCUT2D eigenvalue weighted by Gasteiger charge is -2.36. The molecule has 2 aromatic carbocycles. The second-order valence-electron chi connectivity index (χ2n) is 7.17. The number of amides is 1. The molecule has 1 aliphatic rings. The van der Waals surface area contributed by atoms with E-state index in [1.165, 1.54) is 36.4 Å². The van der Waals surface area contributed by atoms with Crippen molar-refractivity contribution in [3.63, 3.8) is 0 Å². The Labute approximate surface area is 157 Å². The summed E-state index contributed by atoms with van der Waals surface area (Å²) in [6.07, 6.45) is 2.70. The number of carbonyl (C=O) groups excluding carboxylic acids is 1. The number of phenols is 1. The van der Waals surface area contributed by atoms with Gasteiger partial charge in [-0.05, 0) is 68.0 Å². The maximum atomic E-state index is 13.2. The number of halogens is 1. The molecule has 6 heteroatoms. The van der Waals surface area contributed by atoms with Crippen molar-refractivity contribution in [1.82, 2.24) is 5.32 Å². The van der Waals surface area contributed by atoms with Crippen LogP contribution in [-0.4, -0.2) is 34.9 Å². The number of hydrogen-bond donors (Lipinski definition) is 3. The highest BCUT2D eigenvalue weighted by molar-refractivity contribution is 5.94. The zero-order chi connectivity index (χ0) is 19.3. The highest BCUT2D eigenvalue weighted by Crippen LogP contribution is 2.32. The van der Waals surface area contributed by atoms with Crippen LogP contribution in [-0.2, 0) is 0 Å². The Morgan fingerprint density at radius 1 is 1.19 bits per heavy atom. The summed E-state index contributed by atoms with van der Waals surface area (Å²) in [5.41, 5.74) is -0.490. The van der Waals surface area contributed by atoms with Crippen molar-refractivity contribution in [2.24, 2.45) is 5.92 Å². The number of hydrogen-bond acceptors (Lipinski definition) is 4. The molecule has 0 atom stereocenters. The Bertz CT molecular complexity index is 770. The third-order valence-electron chi connectivity index (χ3n) is 5.03. The molecule has 0 saturated heterocycles. The average molecular weight is 373 g/mol. The van der Waals surface area contributed by atoms with E-state index in [1.807, 2.05) is 0 Å². The van der Waals surface area contributed by atoms with Gasteiger partial charge < -0.3 is 20.3 Å². The first kappa shape index (κ1) is 19.2. The summed E-state index contributed by atoms with van der Waals surface area (Å²) in [7, 11) is 0. The van der Waals surface area contributed by atoms with E-state index >= 15 is 0 Å². The standard InChI is InChI=1S/C21H24FNO4/c22-17-2-1-3-19(12-17)27-13-15-8-10-21(26,11-9-15)14-23-20(25)16-4-6-18(24)7-5-16/h1-7,12,15,24,26H,8-11,13-14H2,(H,23,25). The number of rotatable bonds is 6. The number of benzene rings is 2. The largest absolute Gasteiger partial charge is 0.508 e. The molecule has 3 N–H and O–H groups in total. The van der Waals surface area contributed by atoms with E-state index in [1.54, 1.807) is 12.1 Å². The van der Waals surface area contributed by atoms with Crippen molar-refractivity contribution in [3.05, 3.63) is 59.9 Å². The Kier molecular flexibility index (Phi) is 5.96. The normalized spacial score (nSPS) is 22.2. The molecule has 1 aliphatic carbocycles. The Morgan fingerprint density at radius 2 is 1.89 bits per heavy atom. The predicted molar refractivity (Wildman–Crippen MR) is 99.2 cm³/mol. The Hall–Kier alpha value is -2.60. The fourth-order valence-corrected chi connectivity index (χ4v) is 3.29. The Morgan fingerprint density at radius 3 is 2.56 bits per heavy atom. The molecular weight excluding hydrogens is 349 g/mol. The molecule has 0 aromatic heterocycles. The predicted octanol–water partition coefficient (Wildman–Crippen LogP) is 3.26. The highest BCUT2D eigenvalue weighted by Gasteiger charge is 2.33. The molecule has 144 valence electrons. The molecule has 1 fully saturated rings. The van der Waals surface area contributed by atoms with Crippen LogP contribution in [0, 0.1) is 11.7 Å². The minimum absolute atomic E-state index is 0.101. The van der Waals surface area contributed by atoms with Crippen molar-refractivity contribution >= 4 is 5.91 Å². The fourth-order valence-electron chi connectivity index (χ4n) is 3.29. The van der Waals surface area contributed by atoms with Gasteiger partial charge in [0.05, 0.1) is 12.2 Å². The van der Waals surface area contributed by atoms with E-state index in [0.717, 1.165) is 12.8 Å². The lowest BCUT2D eigenvalue weighted by molar-refractivity contribution is -0.0129. The van der Waals surface area contributed by atoms with Crippen LogP contribution in [0.15, 0.2) is 48.5 Å². The molecule has 1 amide bonds. The van der Waals surface area contributed by atoms with E-state index < -0.39 is 5.60 Å². The summed E-state index contributed by atoms with van der Waals surface area (Å²) < 4.78 is 18.8. The van der Waals surface area contributed by atoms with Gasteiger partial charge in [-0.15, -0.1) is 0 Å². The number of aliphatic hydroxyl groups is 1. The van der Waals surface area contributed by atoms with E-state index in [4.69, 9.17) is 4.74 Å². The number of carbonyl (C=O) groups is 1. The van der Waals surface area contributed by atoms with Gasteiger partial charge in [0.15, 0.2) is 0 Å². The van der Waals surface area contributed by atoms with Crippen LogP contribution < -0.4 is 10.1 Å². The molecule has 0 aliphatic heterocycles. The number of aromatic hydroxyl groups is 1. The molecule has 0 spiro atoms. The quantitative estimate of drug-likeness (QED) is 0.726. The van der Waals surface area contributed by atoms with Gasteiger partial charge in [-0.1, -0.05) is 6.07 Å². The van der Waals surface area contributed by atoms with Crippen LogP contribution in [0.3, 0.4) is 0 Å². The lowest BCUT2D eigenvalue weighted by atomic mass is 9.79. The molecule has 27 heavy (non-hydrogen) atoms. The minimum Gasteiger partial charge on any atom is -0.508 e. The topological polar surface area (TPSA) is 78.8 Å². The first-order valence-electron chi connectivity index (χ1n) is 9.11. The summed E-state index contributed by atoms with van der Waals surface area (Å²) in [5, 5.41) is 22.7. The molecule has 3 rings (SSSR count). The summed E-state index contributed by atoms with van der Waals surface area (Å²) in [6.45, 7) is 0.670. The molecule has 5 nitrogen and oxygen atoms in total. The number of nitrogens with one attached hydrogen (secondary N) is 1. The summed E-state index contributed by atoms with van der Waals surface area (Å²) in [5.74, 6) is 0.303. The van der Waals surface area contributed by atoms with Gasteiger partial charge in [0.25, 0.3) is 5.91 Å². The van der Waals surface area contributed by atoms with Crippen molar-refractivity contribution in [2.45, 2.75) is 31.3 Å². The van der Waals surface area contributed by atoms with Crippen molar-refractivity contribution in [3.8, 4) is 11.5 Å². The van der Waals surface area contributed by atoms with Crippen molar-refractivity contribution in [1.29, 1.82) is 0 Å². The third kappa shape index (κ3) is 5.44. The first-order valence-corrected chi connectivity index (χ1v) is 9.11. The van der Waals surface area contributed by atoms with E-state index in [9.17, 15) is 19.4 Å². The maximum absolute atomic E-state index is 13.2. The van der Waals surface area contributed by atoms with E-state index in [2.05, 4.69) is 5.32 Å². The van der Waals surface area contributed by atoms with Gasteiger partial charge in [-0.25, -0.2) is 4.39 Å². The molecule has 2 aromatic rings. The molecule has 0 bridgehead atoms. The van der Waals surface area contributed by atoms with Crippen LogP contribution in [0.5, 0.6) is 11.5 Å². The number of ether oxygens (including phenoxy) is 1. The minimum atomic E-state index is -0.929. The van der Waals surface area contributed by atoms with Gasteiger partial charge in [0.1, 0.15) is 17.3 Å². The molecule has 0 radical (unpaired) electrons.